The summed E-state index contributed by atoms with van der Waals surface area (Å²) in [5.74, 6) is -0.478. The van der Waals surface area contributed by atoms with Crippen LogP contribution in [-0.4, -0.2) is 42.4 Å². The van der Waals surface area contributed by atoms with E-state index in [9.17, 15) is 14.9 Å². The van der Waals surface area contributed by atoms with Crippen molar-refractivity contribution in [3.05, 3.63) is 59.7 Å². The van der Waals surface area contributed by atoms with Crippen LogP contribution in [0, 0.1) is 11.3 Å². The summed E-state index contributed by atoms with van der Waals surface area (Å²) in [6.45, 7) is 1.72. The lowest BCUT2D eigenvalue weighted by molar-refractivity contribution is -0.119. The molecule has 0 aliphatic carbocycles. The number of hydrogen-bond donors (Lipinski definition) is 2. The number of primary amides is 1. The number of benzene rings is 2. The van der Waals surface area contributed by atoms with E-state index in [4.69, 9.17) is 5.73 Å². The van der Waals surface area contributed by atoms with Gasteiger partial charge in [0.05, 0.1) is 18.2 Å². The summed E-state index contributed by atoms with van der Waals surface area (Å²) in [6, 6.07) is 16.8. The Morgan fingerprint density at radius 1 is 1.07 bits per heavy atom. The molecule has 0 atom stereocenters. The molecule has 1 aliphatic heterocycles. The van der Waals surface area contributed by atoms with Crippen LogP contribution in [0.4, 0.5) is 0 Å². The number of amides is 2. The minimum Gasteiger partial charge on any atom is -0.369 e. The molecule has 1 aliphatic rings. The molecule has 3 rings (SSSR count). The molecule has 0 spiro atoms. The summed E-state index contributed by atoms with van der Waals surface area (Å²) in [5, 5.41) is 12.5. The maximum absolute atomic E-state index is 12.9. The normalized spacial score (nSPS) is 15.1. The van der Waals surface area contributed by atoms with Gasteiger partial charge in [-0.25, -0.2) is 0 Å². The van der Waals surface area contributed by atoms with Crippen molar-refractivity contribution in [1.29, 1.82) is 5.26 Å². The van der Waals surface area contributed by atoms with Crippen molar-refractivity contribution in [3.8, 4) is 17.2 Å². The second-order valence-electron chi connectivity index (χ2n) is 6.69. The quantitative estimate of drug-likeness (QED) is 0.848. The van der Waals surface area contributed by atoms with Gasteiger partial charge in [-0.05, 0) is 30.5 Å². The number of piperidine rings is 1. The number of hydrogen-bond acceptors (Lipinski definition) is 4. The third-order valence-corrected chi connectivity index (χ3v) is 4.81. The summed E-state index contributed by atoms with van der Waals surface area (Å²) in [4.78, 5) is 25.9. The number of carbonyl (C=O) groups excluding carboxylic acids is 2. The summed E-state index contributed by atoms with van der Waals surface area (Å²) < 4.78 is 0. The van der Waals surface area contributed by atoms with E-state index < -0.39 is 0 Å². The predicted molar refractivity (Wildman–Crippen MR) is 103 cm³/mol. The van der Waals surface area contributed by atoms with E-state index in [2.05, 4.69) is 11.4 Å². The Balaban J connectivity index is 1.74. The molecule has 3 N–H and O–H groups in total. The zero-order valence-corrected chi connectivity index (χ0v) is 15.0. The Kier molecular flexibility index (Phi) is 5.84. The molecule has 0 saturated carbocycles. The van der Waals surface area contributed by atoms with E-state index in [-0.39, 0.29) is 24.4 Å². The lowest BCUT2D eigenvalue weighted by Crippen LogP contribution is -2.46. The fraction of sp³-hybridized carbons (Fsp3) is 0.286. The van der Waals surface area contributed by atoms with Gasteiger partial charge in [-0.15, -0.1) is 0 Å². The van der Waals surface area contributed by atoms with Crippen LogP contribution in [0.3, 0.4) is 0 Å². The van der Waals surface area contributed by atoms with Crippen molar-refractivity contribution < 1.29 is 9.59 Å². The van der Waals surface area contributed by atoms with Crippen molar-refractivity contribution in [2.24, 2.45) is 5.73 Å². The summed E-state index contributed by atoms with van der Waals surface area (Å²) >= 11 is 0. The SMILES string of the molecule is N#Cc1ccccc1-c1ccccc1C(=O)NC1CCN(CC(N)=O)CC1. The zero-order chi connectivity index (χ0) is 19.2. The zero-order valence-electron chi connectivity index (χ0n) is 15.0. The van der Waals surface area contributed by atoms with Gasteiger partial charge in [-0.3, -0.25) is 14.5 Å². The highest BCUT2D eigenvalue weighted by Gasteiger charge is 2.23. The molecule has 2 amide bonds. The summed E-state index contributed by atoms with van der Waals surface area (Å²) in [5.41, 5.74) is 7.83. The van der Waals surface area contributed by atoms with Gasteiger partial charge in [0.1, 0.15) is 0 Å². The second-order valence-corrected chi connectivity index (χ2v) is 6.69. The molecule has 1 heterocycles. The van der Waals surface area contributed by atoms with Crippen LogP contribution in [0.15, 0.2) is 48.5 Å². The average molecular weight is 362 g/mol. The highest BCUT2D eigenvalue weighted by Crippen LogP contribution is 2.27. The smallest absolute Gasteiger partial charge is 0.252 e. The number of carbonyl (C=O) groups is 2. The topological polar surface area (TPSA) is 99.2 Å². The summed E-state index contributed by atoms with van der Waals surface area (Å²) in [7, 11) is 0. The fourth-order valence-corrected chi connectivity index (χ4v) is 3.45. The predicted octanol–water partition coefficient (Wildman–Crippen LogP) is 1.90. The van der Waals surface area contributed by atoms with Crippen LogP contribution in [-0.2, 0) is 4.79 Å². The minimum atomic E-state index is -0.331. The molecule has 2 aromatic rings. The molecule has 6 nitrogen and oxygen atoms in total. The van der Waals surface area contributed by atoms with Gasteiger partial charge in [0, 0.05) is 30.3 Å². The van der Waals surface area contributed by atoms with Crippen LogP contribution >= 0.6 is 0 Å². The Hall–Kier alpha value is -3.17. The molecule has 6 heteroatoms. The third-order valence-electron chi connectivity index (χ3n) is 4.81. The van der Waals surface area contributed by atoms with Crippen LogP contribution in [0.25, 0.3) is 11.1 Å². The largest absolute Gasteiger partial charge is 0.369 e. The molecule has 0 bridgehead atoms. The Morgan fingerprint density at radius 3 is 2.37 bits per heavy atom. The standard InChI is InChI=1S/C21H22N4O2/c22-13-15-5-1-2-6-17(15)18-7-3-4-8-19(18)21(27)24-16-9-11-25(12-10-16)14-20(23)26/h1-8,16H,9-12,14H2,(H2,23,26)(H,24,27). The molecule has 0 unspecified atom stereocenters. The number of rotatable bonds is 5. The first-order valence-electron chi connectivity index (χ1n) is 8.98. The lowest BCUT2D eigenvalue weighted by Gasteiger charge is -2.31. The van der Waals surface area contributed by atoms with Gasteiger partial charge in [-0.1, -0.05) is 36.4 Å². The average Bonchev–Trinajstić information content (AvgIpc) is 2.69. The molecule has 1 saturated heterocycles. The highest BCUT2D eigenvalue weighted by molar-refractivity contribution is 6.01. The van der Waals surface area contributed by atoms with E-state index in [0.29, 0.717) is 11.1 Å². The van der Waals surface area contributed by atoms with E-state index in [1.165, 1.54) is 0 Å². The number of nitrogens with zero attached hydrogens (tertiary/aromatic N) is 2. The number of nitrogens with one attached hydrogen (secondary N) is 1. The Labute approximate surface area is 158 Å². The molecular formula is C21H22N4O2. The first kappa shape index (κ1) is 18.6. The van der Waals surface area contributed by atoms with Crippen molar-refractivity contribution in [2.45, 2.75) is 18.9 Å². The number of likely N-dealkylation sites (tertiary alicyclic amines) is 1. The van der Waals surface area contributed by atoms with Crippen LogP contribution in [0.2, 0.25) is 0 Å². The molecule has 138 valence electrons. The van der Waals surface area contributed by atoms with Gasteiger partial charge in [-0.2, -0.15) is 5.26 Å². The van der Waals surface area contributed by atoms with E-state index in [1.807, 2.05) is 41.3 Å². The molecular weight excluding hydrogens is 340 g/mol. The highest BCUT2D eigenvalue weighted by atomic mass is 16.2. The van der Waals surface area contributed by atoms with Crippen LogP contribution in [0.1, 0.15) is 28.8 Å². The van der Waals surface area contributed by atoms with Crippen LogP contribution < -0.4 is 11.1 Å². The van der Waals surface area contributed by atoms with E-state index >= 15 is 0 Å². The Morgan fingerprint density at radius 2 is 1.70 bits per heavy atom. The minimum absolute atomic E-state index is 0.0564. The van der Waals surface area contributed by atoms with Crippen molar-refractivity contribution in [3.63, 3.8) is 0 Å². The second kappa shape index (κ2) is 8.47. The maximum atomic E-state index is 12.9. The van der Waals surface area contributed by atoms with Gasteiger partial charge < -0.3 is 11.1 Å². The van der Waals surface area contributed by atoms with Crippen molar-refractivity contribution in [2.75, 3.05) is 19.6 Å². The van der Waals surface area contributed by atoms with Gasteiger partial charge in [0.25, 0.3) is 5.91 Å². The van der Waals surface area contributed by atoms with E-state index in [0.717, 1.165) is 37.1 Å². The first-order valence-corrected chi connectivity index (χ1v) is 8.98. The van der Waals surface area contributed by atoms with Crippen LogP contribution in [0.5, 0.6) is 0 Å². The van der Waals surface area contributed by atoms with Gasteiger partial charge in [0.2, 0.25) is 5.91 Å². The van der Waals surface area contributed by atoms with Gasteiger partial charge >= 0.3 is 0 Å². The molecule has 0 radical (unpaired) electrons. The van der Waals surface area contributed by atoms with E-state index in [1.54, 1.807) is 12.1 Å². The lowest BCUT2D eigenvalue weighted by atomic mass is 9.95. The summed E-state index contributed by atoms with van der Waals surface area (Å²) in [6.07, 6.45) is 1.55. The molecule has 27 heavy (non-hydrogen) atoms. The number of nitriles is 1. The van der Waals surface area contributed by atoms with Crippen molar-refractivity contribution >= 4 is 11.8 Å². The molecule has 2 aromatic carbocycles. The number of nitrogens with two attached hydrogens (primary N) is 1. The van der Waals surface area contributed by atoms with Crippen molar-refractivity contribution in [1.82, 2.24) is 10.2 Å². The monoisotopic (exact) mass is 362 g/mol. The Bertz CT molecular complexity index is 880. The molecule has 1 fully saturated rings. The third kappa shape index (κ3) is 4.52. The van der Waals surface area contributed by atoms with Gasteiger partial charge in [0.15, 0.2) is 0 Å². The maximum Gasteiger partial charge on any atom is 0.252 e. The fourth-order valence-electron chi connectivity index (χ4n) is 3.45. The molecule has 0 aromatic heterocycles. The first-order chi connectivity index (χ1) is 13.1.